The fourth-order valence-corrected chi connectivity index (χ4v) is 3.76. The van der Waals surface area contributed by atoms with Crippen LogP contribution >= 0.6 is 11.3 Å². The zero-order chi connectivity index (χ0) is 20.8. The molecule has 30 heavy (non-hydrogen) atoms. The number of pyridine rings is 1. The van der Waals surface area contributed by atoms with Crippen LogP contribution in [0.15, 0.2) is 54.2 Å². The first-order chi connectivity index (χ1) is 14.7. The third-order valence-electron chi connectivity index (χ3n) is 4.95. The summed E-state index contributed by atoms with van der Waals surface area (Å²) in [5.74, 6) is 0.125. The zero-order valence-electron chi connectivity index (χ0n) is 16.2. The van der Waals surface area contributed by atoms with E-state index in [0.717, 1.165) is 5.56 Å². The molecule has 0 aliphatic carbocycles. The number of carbonyl (C=O) groups excluding carboxylic acids is 2. The fraction of sp³-hybridized carbons (Fsp3) is 0.286. The minimum absolute atomic E-state index is 0.0700. The highest BCUT2D eigenvalue weighted by Gasteiger charge is 2.28. The molecule has 0 spiro atoms. The zero-order valence-corrected chi connectivity index (χ0v) is 17.0. The maximum absolute atomic E-state index is 12.9. The first kappa shape index (κ1) is 20.0. The Morgan fingerprint density at radius 3 is 2.70 bits per heavy atom. The molecule has 0 radical (unpaired) electrons. The summed E-state index contributed by atoms with van der Waals surface area (Å²) in [5.41, 5.74) is 3.14. The van der Waals surface area contributed by atoms with Crippen molar-refractivity contribution in [3.8, 4) is 5.88 Å². The van der Waals surface area contributed by atoms with Crippen LogP contribution in [0, 0.1) is 5.92 Å². The van der Waals surface area contributed by atoms with E-state index in [4.69, 9.17) is 4.74 Å². The lowest BCUT2D eigenvalue weighted by molar-refractivity contribution is -0.121. The molecular weight excluding hydrogens is 402 g/mol. The predicted molar refractivity (Wildman–Crippen MR) is 112 cm³/mol. The largest absolute Gasteiger partial charge is 0.473 e. The molecule has 2 aromatic heterocycles. The number of ether oxygens (including phenoxy) is 1. The van der Waals surface area contributed by atoms with Gasteiger partial charge in [0, 0.05) is 36.8 Å². The van der Waals surface area contributed by atoms with E-state index in [9.17, 15) is 9.59 Å². The third kappa shape index (κ3) is 4.98. The summed E-state index contributed by atoms with van der Waals surface area (Å²) in [7, 11) is 0. The summed E-state index contributed by atoms with van der Waals surface area (Å²) in [6, 6.07) is 13.1. The van der Waals surface area contributed by atoms with Gasteiger partial charge >= 0.3 is 0 Å². The smallest absolute Gasteiger partial charge is 0.254 e. The van der Waals surface area contributed by atoms with Crippen molar-refractivity contribution in [1.29, 1.82) is 0 Å². The molecule has 0 unspecified atom stereocenters. The Labute approximate surface area is 177 Å². The lowest BCUT2D eigenvalue weighted by atomic mass is 9.95. The lowest BCUT2D eigenvalue weighted by Gasteiger charge is -2.31. The molecule has 1 N–H and O–H groups in total. The van der Waals surface area contributed by atoms with Gasteiger partial charge in [-0.05, 0) is 24.5 Å². The van der Waals surface area contributed by atoms with E-state index >= 15 is 0 Å². The van der Waals surface area contributed by atoms with E-state index in [-0.39, 0.29) is 17.7 Å². The quantitative estimate of drug-likeness (QED) is 0.655. The van der Waals surface area contributed by atoms with Crippen molar-refractivity contribution in [2.24, 2.45) is 5.92 Å². The predicted octanol–water partition coefficient (Wildman–Crippen LogP) is 3.00. The summed E-state index contributed by atoms with van der Waals surface area (Å²) < 4.78 is 5.72. The van der Waals surface area contributed by atoms with Gasteiger partial charge in [0.05, 0.1) is 0 Å². The molecule has 0 bridgehead atoms. The summed E-state index contributed by atoms with van der Waals surface area (Å²) in [5, 5.41) is 10.8. The summed E-state index contributed by atoms with van der Waals surface area (Å²) in [6.45, 7) is 1.44. The fourth-order valence-electron chi connectivity index (χ4n) is 3.32. The van der Waals surface area contributed by atoms with Gasteiger partial charge < -0.3 is 15.0 Å². The number of likely N-dealkylation sites (tertiary alicyclic amines) is 1. The summed E-state index contributed by atoms with van der Waals surface area (Å²) >= 11 is 1.29. The van der Waals surface area contributed by atoms with Crippen LogP contribution in [0.2, 0.25) is 0 Å². The molecule has 9 heteroatoms. The van der Waals surface area contributed by atoms with Crippen LogP contribution < -0.4 is 10.1 Å². The number of aromatic nitrogens is 3. The number of piperidine rings is 1. The Balaban J connectivity index is 1.31. The van der Waals surface area contributed by atoms with Crippen molar-refractivity contribution < 1.29 is 14.3 Å². The highest BCUT2D eigenvalue weighted by atomic mass is 32.1. The lowest BCUT2D eigenvalue weighted by Crippen LogP contribution is -2.41. The van der Waals surface area contributed by atoms with Crippen LogP contribution in [-0.2, 0) is 11.4 Å². The van der Waals surface area contributed by atoms with Gasteiger partial charge in [-0.15, -0.1) is 10.2 Å². The van der Waals surface area contributed by atoms with Crippen LogP contribution in [0.3, 0.4) is 0 Å². The van der Waals surface area contributed by atoms with Crippen molar-refractivity contribution in [3.63, 3.8) is 0 Å². The Morgan fingerprint density at radius 2 is 1.97 bits per heavy atom. The second-order valence-electron chi connectivity index (χ2n) is 6.96. The van der Waals surface area contributed by atoms with Crippen LogP contribution in [0.1, 0.15) is 28.8 Å². The van der Waals surface area contributed by atoms with Gasteiger partial charge in [0.15, 0.2) is 0 Å². The third-order valence-corrected chi connectivity index (χ3v) is 5.56. The number of carbonyl (C=O) groups is 2. The van der Waals surface area contributed by atoms with Crippen LogP contribution in [-0.4, -0.2) is 45.0 Å². The Kier molecular flexibility index (Phi) is 6.29. The highest BCUT2D eigenvalue weighted by molar-refractivity contribution is 7.13. The Bertz CT molecular complexity index is 989. The highest BCUT2D eigenvalue weighted by Crippen LogP contribution is 2.22. The van der Waals surface area contributed by atoms with Gasteiger partial charge in [-0.1, -0.05) is 41.7 Å². The SMILES string of the molecule is O=C(Nc1nncs1)C1CCN(C(=O)c2ccnc(OCc3ccccc3)c2)CC1. The topological polar surface area (TPSA) is 97.3 Å². The summed E-state index contributed by atoms with van der Waals surface area (Å²) in [4.78, 5) is 31.2. The number of hydrogen-bond donors (Lipinski definition) is 1. The van der Waals surface area contributed by atoms with E-state index in [1.165, 1.54) is 11.3 Å². The Morgan fingerprint density at radius 1 is 1.17 bits per heavy atom. The van der Waals surface area contributed by atoms with Crippen molar-refractivity contribution >= 4 is 28.3 Å². The van der Waals surface area contributed by atoms with Crippen molar-refractivity contribution in [2.45, 2.75) is 19.4 Å². The number of nitrogens with one attached hydrogen (secondary N) is 1. The molecule has 0 saturated carbocycles. The average Bonchev–Trinajstić information content (AvgIpc) is 3.31. The van der Waals surface area contributed by atoms with E-state index < -0.39 is 0 Å². The molecule has 1 aliphatic heterocycles. The molecule has 3 aromatic rings. The average molecular weight is 423 g/mol. The molecule has 2 amide bonds. The van der Waals surface area contributed by atoms with Crippen LogP contribution in [0.5, 0.6) is 5.88 Å². The molecule has 4 rings (SSSR count). The maximum Gasteiger partial charge on any atom is 0.254 e. The number of anilines is 1. The van der Waals surface area contributed by atoms with Gasteiger partial charge in [0.1, 0.15) is 12.1 Å². The molecule has 154 valence electrons. The molecule has 3 heterocycles. The first-order valence-electron chi connectivity index (χ1n) is 9.68. The second kappa shape index (κ2) is 9.45. The van der Waals surface area contributed by atoms with E-state index in [0.29, 0.717) is 49.1 Å². The van der Waals surface area contributed by atoms with Gasteiger partial charge in [0.25, 0.3) is 5.91 Å². The standard InChI is InChI=1S/C21H21N5O3S/c27-19(24-21-25-23-14-30-21)16-7-10-26(11-8-16)20(28)17-6-9-22-18(12-17)29-13-15-4-2-1-3-5-15/h1-6,9,12,14,16H,7-8,10-11,13H2,(H,24,25,27). The molecule has 0 atom stereocenters. The molecule has 8 nitrogen and oxygen atoms in total. The van der Waals surface area contributed by atoms with Crippen LogP contribution in [0.25, 0.3) is 0 Å². The monoisotopic (exact) mass is 423 g/mol. The first-order valence-corrected chi connectivity index (χ1v) is 10.6. The van der Waals surface area contributed by atoms with Gasteiger partial charge in [-0.3, -0.25) is 9.59 Å². The van der Waals surface area contributed by atoms with Gasteiger partial charge in [-0.2, -0.15) is 0 Å². The minimum atomic E-state index is -0.139. The van der Waals surface area contributed by atoms with Crippen molar-refractivity contribution in [2.75, 3.05) is 18.4 Å². The molecule has 1 aliphatic rings. The number of rotatable bonds is 6. The number of hydrogen-bond acceptors (Lipinski definition) is 7. The van der Waals surface area contributed by atoms with Gasteiger partial charge in [0.2, 0.25) is 16.9 Å². The van der Waals surface area contributed by atoms with Crippen LogP contribution in [0.4, 0.5) is 5.13 Å². The Hall–Kier alpha value is -3.33. The normalized spacial score (nSPS) is 14.3. The number of nitrogens with zero attached hydrogens (tertiary/aromatic N) is 4. The van der Waals surface area contributed by atoms with E-state index in [1.807, 2.05) is 30.3 Å². The molecule has 1 saturated heterocycles. The van der Waals surface area contributed by atoms with E-state index in [1.54, 1.807) is 28.7 Å². The maximum atomic E-state index is 12.9. The molecular formula is C21H21N5O3S. The van der Waals surface area contributed by atoms with Crippen molar-refractivity contribution in [3.05, 3.63) is 65.3 Å². The minimum Gasteiger partial charge on any atom is -0.473 e. The summed E-state index contributed by atoms with van der Waals surface area (Å²) in [6.07, 6.45) is 2.80. The van der Waals surface area contributed by atoms with Gasteiger partial charge in [-0.25, -0.2) is 4.98 Å². The van der Waals surface area contributed by atoms with E-state index in [2.05, 4.69) is 20.5 Å². The van der Waals surface area contributed by atoms with Crippen molar-refractivity contribution in [1.82, 2.24) is 20.1 Å². The molecule has 1 fully saturated rings. The number of amides is 2. The molecule has 1 aromatic carbocycles. The number of benzene rings is 1. The second-order valence-corrected chi connectivity index (χ2v) is 7.79.